The number of aryl methyl sites for hydroxylation is 1. The zero-order valence-corrected chi connectivity index (χ0v) is 10.6. The fourth-order valence-electron chi connectivity index (χ4n) is 1.19. The molecule has 0 bridgehead atoms. The lowest BCUT2D eigenvalue weighted by Gasteiger charge is -2.07. The smallest absolute Gasteiger partial charge is 0.140 e. The summed E-state index contributed by atoms with van der Waals surface area (Å²) >= 11 is 5.03. The topological polar surface area (TPSA) is 22.1 Å². The van der Waals surface area contributed by atoms with Gasteiger partial charge in [-0.25, -0.2) is 4.98 Å². The summed E-state index contributed by atoms with van der Waals surface area (Å²) in [6, 6.07) is 6.01. The number of aromatic nitrogens is 1. The van der Waals surface area contributed by atoms with Gasteiger partial charge >= 0.3 is 0 Å². The molecule has 0 aliphatic rings. The Balaban J connectivity index is 2.07. The molecule has 4 heteroatoms. The minimum Gasteiger partial charge on any atom is -0.486 e. The van der Waals surface area contributed by atoms with Gasteiger partial charge in [0.2, 0.25) is 0 Å². The lowest BCUT2D eigenvalue weighted by Crippen LogP contribution is -1.96. The summed E-state index contributed by atoms with van der Waals surface area (Å²) in [6.45, 7) is 2.57. The van der Waals surface area contributed by atoms with Crippen LogP contribution >= 0.6 is 27.3 Å². The Labute approximate surface area is 101 Å². The van der Waals surface area contributed by atoms with E-state index in [1.54, 1.807) is 17.5 Å². The number of rotatable bonds is 3. The molecule has 2 aromatic rings. The minimum atomic E-state index is 0.537. The van der Waals surface area contributed by atoms with Gasteiger partial charge in [0.05, 0.1) is 0 Å². The molecule has 1 heterocycles. The molecular formula is C11H10BrNOS. The molecule has 0 radical (unpaired) electrons. The van der Waals surface area contributed by atoms with Crippen LogP contribution in [0.1, 0.15) is 10.6 Å². The maximum absolute atomic E-state index is 5.68. The average molecular weight is 284 g/mol. The lowest BCUT2D eigenvalue weighted by atomic mass is 10.2. The summed E-state index contributed by atoms with van der Waals surface area (Å²) in [5, 5.41) is 2.95. The molecule has 0 amide bonds. The summed E-state index contributed by atoms with van der Waals surface area (Å²) in [5.41, 5.74) is 1.13. The van der Waals surface area contributed by atoms with Crippen molar-refractivity contribution in [1.29, 1.82) is 0 Å². The van der Waals surface area contributed by atoms with Crippen LogP contribution in [-0.2, 0) is 6.61 Å². The second kappa shape index (κ2) is 4.77. The Kier molecular flexibility index (Phi) is 3.38. The number of hydrogen-bond acceptors (Lipinski definition) is 3. The number of halogens is 1. The van der Waals surface area contributed by atoms with Crippen LogP contribution in [0, 0.1) is 6.92 Å². The van der Waals surface area contributed by atoms with Gasteiger partial charge in [-0.3, -0.25) is 0 Å². The predicted molar refractivity (Wildman–Crippen MR) is 65.3 cm³/mol. The summed E-state index contributed by atoms with van der Waals surface area (Å²) < 4.78 is 6.71. The van der Waals surface area contributed by atoms with Crippen LogP contribution in [0.15, 0.2) is 34.2 Å². The Morgan fingerprint density at radius 2 is 2.33 bits per heavy atom. The Morgan fingerprint density at radius 3 is 3.07 bits per heavy atom. The fourth-order valence-corrected chi connectivity index (χ4v) is 2.06. The van der Waals surface area contributed by atoms with Crippen molar-refractivity contribution < 1.29 is 4.74 Å². The maximum atomic E-state index is 5.68. The molecule has 0 unspecified atom stereocenters. The first kappa shape index (κ1) is 10.6. The van der Waals surface area contributed by atoms with E-state index in [0.717, 1.165) is 20.8 Å². The SMILES string of the molecule is Cc1ccc(Br)cc1OCc1nccs1. The van der Waals surface area contributed by atoms with Gasteiger partial charge in [-0.15, -0.1) is 11.3 Å². The van der Waals surface area contributed by atoms with Crippen molar-refractivity contribution in [2.24, 2.45) is 0 Å². The molecule has 0 saturated heterocycles. The van der Waals surface area contributed by atoms with Gasteiger partial charge in [-0.1, -0.05) is 22.0 Å². The van der Waals surface area contributed by atoms with E-state index in [4.69, 9.17) is 4.74 Å². The van der Waals surface area contributed by atoms with Crippen molar-refractivity contribution in [3.63, 3.8) is 0 Å². The number of benzene rings is 1. The van der Waals surface area contributed by atoms with E-state index in [2.05, 4.69) is 20.9 Å². The van der Waals surface area contributed by atoms with Crippen LogP contribution in [0.5, 0.6) is 5.75 Å². The summed E-state index contributed by atoms with van der Waals surface area (Å²) in [5.74, 6) is 0.902. The highest BCUT2D eigenvalue weighted by Crippen LogP contribution is 2.23. The van der Waals surface area contributed by atoms with Crippen molar-refractivity contribution in [2.45, 2.75) is 13.5 Å². The third-order valence-electron chi connectivity index (χ3n) is 1.98. The molecule has 0 N–H and O–H groups in total. The molecule has 0 aliphatic carbocycles. The van der Waals surface area contributed by atoms with E-state index in [1.807, 2.05) is 30.5 Å². The van der Waals surface area contributed by atoms with Gasteiger partial charge in [0.1, 0.15) is 17.4 Å². The predicted octanol–water partition coefficient (Wildman–Crippen LogP) is 3.79. The first-order valence-corrected chi connectivity index (χ1v) is 6.20. The van der Waals surface area contributed by atoms with E-state index in [9.17, 15) is 0 Å². The van der Waals surface area contributed by atoms with Gasteiger partial charge in [0, 0.05) is 16.0 Å². The molecule has 78 valence electrons. The lowest BCUT2D eigenvalue weighted by molar-refractivity contribution is 0.303. The van der Waals surface area contributed by atoms with Crippen molar-refractivity contribution in [3.8, 4) is 5.75 Å². The average Bonchev–Trinajstić information content (AvgIpc) is 2.72. The van der Waals surface area contributed by atoms with E-state index < -0.39 is 0 Å². The summed E-state index contributed by atoms with van der Waals surface area (Å²) in [4.78, 5) is 4.17. The molecule has 0 spiro atoms. The van der Waals surface area contributed by atoms with Crippen LogP contribution in [0.25, 0.3) is 0 Å². The summed E-state index contributed by atoms with van der Waals surface area (Å²) in [6.07, 6.45) is 1.79. The highest BCUT2D eigenvalue weighted by atomic mass is 79.9. The second-order valence-corrected chi connectivity index (χ2v) is 5.02. The van der Waals surface area contributed by atoms with E-state index in [0.29, 0.717) is 6.61 Å². The van der Waals surface area contributed by atoms with Crippen LogP contribution in [-0.4, -0.2) is 4.98 Å². The van der Waals surface area contributed by atoms with E-state index in [1.165, 1.54) is 0 Å². The quantitative estimate of drug-likeness (QED) is 0.855. The molecule has 0 fully saturated rings. The minimum absolute atomic E-state index is 0.537. The first-order chi connectivity index (χ1) is 7.25. The largest absolute Gasteiger partial charge is 0.486 e. The molecule has 2 nitrogen and oxygen atoms in total. The zero-order chi connectivity index (χ0) is 10.7. The van der Waals surface area contributed by atoms with Crippen LogP contribution < -0.4 is 4.74 Å². The number of ether oxygens (including phenoxy) is 1. The van der Waals surface area contributed by atoms with Gasteiger partial charge in [0.15, 0.2) is 0 Å². The van der Waals surface area contributed by atoms with Crippen molar-refractivity contribution in [3.05, 3.63) is 44.8 Å². The third-order valence-corrected chi connectivity index (χ3v) is 3.23. The summed E-state index contributed by atoms with van der Waals surface area (Å²) in [7, 11) is 0. The highest BCUT2D eigenvalue weighted by Gasteiger charge is 2.02. The van der Waals surface area contributed by atoms with Gasteiger partial charge in [-0.2, -0.15) is 0 Å². The zero-order valence-electron chi connectivity index (χ0n) is 8.24. The van der Waals surface area contributed by atoms with Crippen molar-refractivity contribution in [1.82, 2.24) is 4.98 Å². The Morgan fingerprint density at radius 1 is 1.47 bits per heavy atom. The first-order valence-electron chi connectivity index (χ1n) is 4.53. The number of nitrogens with zero attached hydrogens (tertiary/aromatic N) is 1. The maximum Gasteiger partial charge on any atom is 0.140 e. The molecule has 0 atom stereocenters. The molecule has 1 aromatic heterocycles. The van der Waals surface area contributed by atoms with Crippen LogP contribution in [0.4, 0.5) is 0 Å². The number of hydrogen-bond donors (Lipinski definition) is 0. The molecule has 0 aliphatic heterocycles. The molecule has 15 heavy (non-hydrogen) atoms. The Hall–Kier alpha value is -0.870. The standard InChI is InChI=1S/C11H10BrNOS/c1-8-2-3-9(12)6-10(8)14-7-11-13-4-5-15-11/h2-6H,7H2,1H3. The van der Waals surface area contributed by atoms with E-state index in [-0.39, 0.29) is 0 Å². The molecule has 1 aromatic carbocycles. The molecule has 2 rings (SSSR count). The highest BCUT2D eigenvalue weighted by molar-refractivity contribution is 9.10. The third kappa shape index (κ3) is 2.79. The van der Waals surface area contributed by atoms with Gasteiger partial charge in [-0.05, 0) is 24.6 Å². The van der Waals surface area contributed by atoms with Crippen molar-refractivity contribution in [2.75, 3.05) is 0 Å². The second-order valence-electron chi connectivity index (χ2n) is 3.12. The van der Waals surface area contributed by atoms with Crippen molar-refractivity contribution >= 4 is 27.3 Å². The van der Waals surface area contributed by atoms with Crippen LogP contribution in [0.2, 0.25) is 0 Å². The fraction of sp³-hybridized carbons (Fsp3) is 0.182. The Bertz CT molecular complexity index is 442. The van der Waals surface area contributed by atoms with Gasteiger partial charge in [0.25, 0.3) is 0 Å². The number of thiazole rings is 1. The normalized spacial score (nSPS) is 10.3. The molecule has 0 saturated carbocycles. The van der Waals surface area contributed by atoms with Crippen LogP contribution in [0.3, 0.4) is 0 Å². The van der Waals surface area contributed by atoms with E-state index >= 15 is 0 Å². The molecular weight excluding hydrogens is 274 g/mol. The van der Waals surface area contributed by atoms with Gasteiger partial charge < -0.3 is 4.74 Å². The monoisotopic (exact) mass is 283 g/mol.